The van der Waals surface area contributed by atoms with Gasteiger partial charge in [-0.05, 0) is 16.0 Å². The summed E-state index contributed by atoms with van der Waals surface area (Å²) in [5.74, 6) is -1.56. The maximum absolute atomic E-state index is 12.3. The van der Waals surface area contributed by atoms with E-state index in [0.717, 1.165) is 0 Å². The maximum Gasteiger partial charge on any atom is 0.459 e. The van der Waals surface area contributed by atoms with Crippen LogP contribution >= 0.6 is 11.6 Å². The van der Waals surface area contributed by atoms with Crippen LogP contribution in [0.3, 0.4) is 0 Å². The van der Waals surface area contributed by atoms with Gasteiger partial charge in [-0.15, -0.1) is 0 Å². The lowest BCUT2D eigenvalue weighted by atomic mass is 10.2. The number of nitro groups is 1. The molecule has 0 bridgehead atoms. The van der Waals surface area contributed by atoms with E-state index in [1.54, 1.807) is 0 Å². The Bertz CT molecular complexity index is 462. The molecule has 1 heterocycles. The minimum atomic E-state index is -5.05. The predicted octanol–water partition coefficient (Wildman–Crippen LogP) is 3.60. The first kappa shape index (κ1) is 13.6. The zero-order valence-corrected chi connectivity index (χ0v) is 8.39. The molecule has 0 spiro atoms. The zero-order chi connectivity index (χ0) is 13.4. The molecule has 10 heteroatoms. The summed E-state index contributed by atoms with van der Waals surface area (Å²) in [5, 5.41) is 9.20. The van der Waals surface area contributed by atoms with Crippen LogP contribution < -0.4 is 0 Å². The SMILES string of the molecule is O=[N+]([O-])c1nc(C(F)(F)F)c(Cl)cc1C(F)F. The van der Waals surface area contributed by atoms with Gasteiger partial charge < -0.3 is 10.1 Å². The third kappa shape index (κ3) is 2.78. The second-order valence-corrected chi connectivity index (χ2v) is 3.19. The molecule has 0 aliphatic carbocycles. The summed E-state index contributed by atoms with van der Waals surface area (Å²) in [5.41, 5.74) is -3.02. The second-order valence-electron chi connectivity index (χ2n) is 2.79. The summed E-state index contributed by atoms with van der Waals surface area (Å²) in [7, 11) is 0. The smallest absolute Gasteiger partial charge is 0.358 e. The highest BCUT2D eigenvalue weighted by Crippen LogP contribution is 2.38. The van der Waals surface area contributed by atoms with Gasteiger partial charge in [-0.2, -0.15) is 13.2 Å². The molecule has 17 heavy (non-hydrogen) atoms. The van der Waals surface area contributed by atoms with E-state index in [0.29, 0.717) is 0 Å². The molecule has 0 amide bonds. The fraction of sp³-hybridized carbons (Fsp3) is 0.286. The first-order chi connectivity index (χ1) is 7.64. The quantitative estimate of drug-likeness (QED) is 0.471. The van der Waals surface area contributed by atoms with Crippen LogP contribution in [0.15, 0.2) is 6.07 Å². The van der Waals surface area contributed by atoms with Crippen molar-refractivity contribution >= 4 is 17.4 Å². The molecule has 0 aliphatic rings. The number of hydrogen-bond acceptors (Lipinski definition) is 3. The summed E-state index contributed by atoms with van der Waals surface area (Å²) >= 11 is 5.10. The molecule has 0 N–H and O–H groups in total. The van der Waals surface area contributed by atoms with Crippen LogP contribution in [0.2, 0.25) is 5.02 Å². The van der Waals surface area contributed by atoms with E-state index in [1.807, 2.05) is 0 Å². The Kier molecular flexibility index (Phi) is 3.51. The number of pyridine rings is 1. The first-order valence-corrected chi connectivity index (χ1v) is 4.22. The number of hydrogen-bond donors (Lipinski definition) is 0. The van der Waals surface area contributed by atoms with Crippen LogP contribution in [0.1, 0.15) is 17.7 Å². The largest absolute Gasteiger partial charge is 0.459 e. The van der Waals surface area contributed by atoms with Crippen molar-refractivity contribution < 1.29 is 26.9 Å². The first-order valence-electron chi connectivity index (χ1n) is 3.84. The van der Waals surface area contributed by atoms with E-state index in [9.17, 15) is 32.1 Å². The third-order valence-corrected chi connectivity index (χ3v) is 1.95. The molecule has 0 unspecified atom stereocenters. The Morgan fingerprint density at radius 3 is 2.29 bits per heavy atom. The molecule has 4 nitrogen and oxygen atoms in total. The van der Waals surface area contributed by atoms with Gasteiger partial charge in [0, 0.05) is 0 Å². The fourth-order valence-corrected chi connectivity index (χ4v) is 1.27. The van der Waals surface area contributed by atoms with Crippen molar-refractivity contribution in [1.29, 1.82) is 0 Å². The number of nitrogens with zero attached hydrogens (tertiary/aromatic N) is 2. The maximum atomic E-state index is 12.3. The summed E-state index contributed by atoms with van der Waals surface area (Å²) in [6, 6.07) is 0.195. The second kappa shape index (κ2) is 4.40. The summed E-state index contributed by atoms with van der Waals surface area (Å²) in [4.78, 5) is 11.4. The van der Waals surface area contributed by atoms with Gasteiger partial charge in [-0.25, -0.2) is 8.78 Å². The molecule has 1 aromatic rings. The molecule has 0 aromatic carbocycles. The van der Waals surface area contributed by atoms with Crippen LogP contribution in [0.5, 0.6) is 0 Å². The Morgan fingerprint density at radius 2 is 1.94 bits per heavy atom. The average molecular weight is 277 g/mol. The minimum Gasteiger partial charge on any atom is -0.358 e. The van der Waals surface area contributed by atoms with Gasteiger partial charge in [-0.1, -0.05) is 11.6 Å². The van der Waals surface area contributed by atoms with E-state index in [4.69, 9.17) is 11.6 Å². The van der Waals surface area contributed by atoms with E-state index in [1.165, 1.54) is 0 Å². The molecule has 0 saturated heterocycles. The Labute approximate surface area is 95.2 Å². The molecule has 1 rings (SSSR count). The summed E-state index contributed by atoms with van der Waals surface area (Å²) < 4.78 is 61.4. The predicted molar refractivity (Wildman–Crippen MR) is 45.9 cm³/mol. The number of aromatic nitrogens is 1. The average Bonchev–Trinajstić information content (AvgIpc) is 2.14. The van der Waals surface area contributed by atoms with Crippen molar-refractivity contribution in [3.05, 3.63) is 32.5 Å². The van der Waals surface area contributed by atoms with E-state index < -0.39 is 39.6 Å². The Hall–Kier alpha value is -1.51. The van der Waals surface area contributed by atoms with Crippen LogP contribution in [-0.4, -0.2) is 9.91 Å². The molecule has 0 saturated carbocycles. The zero-order valence-electron chi connectivity index (χ0n) is 7.63. The van der Waals surface area contributed by atoms with Gasteiger partial charge in [0.15, 0.2) is 0 Å². The molecule has 0 aliphatic heterocycles. The van der Waals surface area contributed by atoms with Gasteiger partial charge in [0.05, 0.1) is 5.02 Å². The number of alkyl halides is 5. The topological polar surface area (TPSA) is 56.0 Å². The number of rotatable bonds is 2. The normalized spacial score (nSPS) is 11.9. The molecule has 0 atom stereocenters. The molecule has 1 aromatic heterocycles. The van der Waals surface area contributed by atoms with Gasteiger partial charge in [-0.3, -0.25) is 0 Å². The lowest BCUT2D eigenvalue weighted by molar-refractivity contribution is -0.391. The highest BCUT2D eigenvalue weighted by atomic mass is 35.5. The highest BCUT2D eigenvalue weighted by Gasteiger charge is 2.42. The molecule has 0 radical (unpaired) electrons. The number of halogens is 6. The van der Waals surface area contributed by atoms with Crippen LogP contribution in [0, 0.1) is 10.1 Å². The lowest BCUT2D eigenvalue weighted by Crippen LogP contribution is -2.12. The summed E-state index contributed by atoms with van der Waals surface area (Å²) in [6.07, 6.45) is -8.40. The van der Waals surface area contributed by atoms with Crippen LogP contribution in [0.25, 0.3) is 0 Å². The van der Waals surface area contributed by atoms with Crippen molar-refractivity contribution in [3.8, 4) is 0 Å². The van der Waals surface area contributed by atoms with Crippen molar-refractivity contribution in [2.45, 2.75) is 12.6 Å². The summed E-state index contributed by atoms with van der Waals surface area (Å²) in [6.45, 7) is 0. The Morgan fingerprint density at radius 1 is 1.41 bits per heavy atom. The molecule has 0 fully saturated rings. The lowest BCUT2D eigenvalue weighted by Gasteiger charge is -2.06. The van der Waals surface area contributed by atoms with Gasteiger partial charge in [0.25, 0.3) is 12.1 Å². The Balaban J connectivity index is 3.51. The van der Waals surface area contributed by atoms with Gasteiger partial charge in [0.1, 0.15) is 5.56 Å². The van der Waals surface area contributed by atoms with E-state index >= 15 is 0 Å². The van der Waals surface area contributed by atoms with E-state index in [2.05, 4.69) is 4.98 Å². The van der Waals surface area contributed by atoms with Crippen molar-refractivity contribution in [3.63, 3.8) is 0 Å². The molecular formula is C7H2ClF5N2O2. The molecule has 94 valence electrons. The monoisotopic (exact) mass is 276 g/mol. The minimum absolute atomic E-state index is 0.195. The van der Waals surface area contributed by atoms with Crippen molar-refractivity contribution in [2.75, 3.05) is 0 Å². The van der Waals surface area contributed by atoms with Gasteiger partial charge >= 0.3 is 12.0 Å². The standard InChI is InChI=1S/C7H2ClF5N2O2/c8-3-1-2(5(9)10)6(15(16)17)14-4(3)7(11,12)13/h1,5H. The van der Waals surface area contributed by atoms with Crippen LogP contribution in [0.4, 0.5) is 27.8 Å². The van der Waals surface area contributed by atoms with Crippen LogP contribution in [-0.2, 0) is 6.18 Å². The van der Waals surface area contributed by atoms with Gasteiger partial charge in [0.2, 0.25) is 0 Å². The third-order valence-electron chi connectivity index (χ3n) is 1.66. The van der Waals surface area contributed by atoms with Crippen molar-refractivity contribution in [1.82, 2.24) is 4.98 Å². The highest BCUT2D eigenvalue weighted by molar-refractivity contribution is 6.31. The van der Waals surface area contributed by atoms with Crippen molar-refractivity contribution in [2.24, 2.45) is 0 Å². The van der Waals surface area contributed by atoms with E-state index in [-0.39, 0.29) is 6.07 Å². The molecular weight excluding hydrogens is 275 g/mol. The fourth-order valence-electron chi connectivity index (χ4n) is 0.999.